The lowest BCUT2D eigenvalue weighted by atomic mass is 10.1. The molecule has 0 aromatic heterocycles. The first-order valence-electron chi connectivity index (χ1n) is 7.91. The van der Waals surface area contributed by atoms with Crippen LogP contribution in [0.15, 0.2) is 18.2 Å². The molecule has 1 aromatic carbocycles. The molecule has 0 bridgehead atoms. The topological polar surface area (TPSA) is 24.5 Å². The Balaban J connectivity index is 2.58. The van der Waals surface area contributed by atoms with E-state index in [0.29, 0.717) is 12.5 Å². The normalized spacial score (nSPS) is 11.4. The van der Waals surface area contributed by atoms with Gasteiger partial charge >= 0.3 is 0 Å². The molecule has 1 aromatic rings. The molecule has 4 heteroatoms. The van der Waals surface area contributed by atoms with Gasteiger partial charge in [-0.15, -0.1) is 0 Å². The monoisotopic (exact) mass is 312 g/mol. The van der Waals surface area contributed by atoms with Crippen LogP contribution in [0, 0.1) is 5.92 Å². The van der Waals surface area contributed by atoms with Crippen molar-refractivity contribution in [3.05, 3.63) is 28.8 Å². The summed E-state index contributed by atoms with van der Waals surface area (Å²) in [7, 11) is 0. The Morgan fingerprint density at radius 2 is 1.95 bits per heavy atom. The van der Waals surface area contributed by atoms with E-state index in [0.717, 1.165) is 49.1 Å². The second-order valence-corrected chi connectivity index (χ2v) is 6.02. The van der Waals surface area contributed by atoms with Gasteiger partial charge in [-0.05, 0) is 37.7 Å². The standard InChI is InChI=1S/C17H29ClN2O/c1-5-20(6-2)10-11-21-17-9-7-8-16(18)15(17)13-19-12-14(3)4/h7-9,14,19H,5-6,10-13H2,1-4H3. The van der Waals surface area contributed by atoms with E-state index >= 15 is 0 Å². The van der Waals surface area contributed by atoms with Crippen molar-refractivity contribution >= 4 is 11.6 Å². The minimum Gasteiger partial charge on any atom is -0.492 e. The van der Waals surface area contributed by atoms with Crippen molar-refractivity contribution in [2.75, 3.05) is 32.8 Å². The molecule has 21 heavy (non-hydrogen) atoms. The molecule has 1 rings (SSSR count). The summed E-state index contributed by atoms with van der Waals surface area (Å²) in [6.45, 7) is 14.2. The second kappa shape index (κ2) is 10.0. The Morgan fingerprint density at radius 3 is 2.57 bits per heavy atom. The van der Waals surface area contributed by atoms with Gasteiger partial charge in [0, 0.05) is 23.7 Å². The Labute approximate surface area is 134 Å². The molecular formula is C17H29ClN2O. The Bertz CT molecular complexity index is 406. The van der Waals surface area contributed by atoms with Gasteiger partial charge in [-0.25, -0.2) is 0 Å². The van der Waals surface area contributed by atoms with Crippen LogP contribution in [0.1, 0.15) is 33.3 Å². The first-order chi connectivity index (χ1) is 10.1. The molecular weight excluding hydrogens is 284 g/mol. The number of hydrogen-bond acceptors (Lipinski definition) is 3. The lowest BCUT2D eigenvalue weighted by Gasteiger charge is -2.19. The first-order valence-corrected chi connectivity index (χ1v) is 8.29. The third-order valence-electron chi connectivity index (χ3n) is 3.49. The highest BCUT2D eigenvalue weighted by Crippen LogP contribution is 2.26. The molecule has 0 fully saturated rings. The second-order valence-electron chi connectivity index (χ2n) is 5.62. The quantitative estimate of drug-likeness (QED) is 0.711. The first kappa shape index (κ1) is 18.3. The summed E-state index contributed by atoms with van der Waals surface area (Å²) in [5.41, 5.74) is 1.05. The number of hydrogen-bond donors (Lipinski definition) is 1. The van der Waals surface area contributed by atoms with Gasteiger partial charge in [0.15, 0.2) is 0 Å². The molecule has 0 atom stereocenters. The van der Waals surface area contributed by atoms with Crippen LogP contribution >= 0.6 is 11.6 Å². The van der Waals surface area contributed by atoms with Crippen molar-refractivity contribution in [3.8, 4) is 5.75 Å². The fourth-order valence-electron chi connectivity index (χ4n) is 2.16. The van der Waals surface area contributed by atoms with Crippen LogP contribution in [-0.4, -0.2) is 37.7 Å². The summed E-state index contributed by atoms with van der Waals surface area (Å²) in [6, 6.07) is 5.87. The van der Waals surface area contributed by atoms with Crippen LogP contribution in [0.3, 0.4) is 0 Å². The van der Waals surface area contributed by atoms with Gasteiger partial charge in [-0.1, -0.05) is 45.4 Å². The number of benzene rings is 1. The van der Waals surface area contributed by atoms with Gasteiger partial charge < -0.3 is 15.0 Å². The minimum absolute atomic E-state index is 0.625. The van der Waals surface area contributed by atoms with Crippen molar-refractivity contribution < 1.29 is 4.74 Å². The van der Waals surface area contributed by atoms with E-state index in [1.165, 1.54) is 0 Å². The Hall–Kier alpha value is -0.770. The molecule has 0 aliphatic carbocycles. The lowest BCUT2D eigenvalue weighted by molar-refractivity contribution is 0.221. The fourth-order valence-corrected chi connectivity index (χ4v) is 2.39. The maximum atomic E-state index is 6.31. The molecule has 0 unspecified atom stereocenters. The van der Waals surface area contributed by atoms with Gasteiger partial charge in [0.1, 0.15) is 12.4 Å². The van der Waals surface area contributed by atoms with Crippen molar-refractivity contribution in [3.63, 3.8) is 0 Å². The molecule has 3 nitrogen and oxygen atoms in total. The summed E-state index contributed by atoms with van der Waals surface area (Å²) < 4.78 is 5.94. The predicted molar refractivity (Wildman–Crippen MR) is 91.3 cm³/mol. The SMILES string of the molecule is CCN(CC)CCOc1cccc(Cl)c1CNCC(C)C. The lowest BCUT2D eigenvalue weighted by Crippen LogP contribution is -2.28. The molecule has 0 saturated carbocycles. The number of nitrogens with one attached hydrogen (secondary N) is 1. The number of halogens is 1. The molecule has 1 N–H and O–H groups in total. The van der Waals surface area contributed by atoms with Crippen LogP contribution < -0.4 is 10.1 Å². The van der Waals surface area contributed by atoms with Gasteiger partial charge in [-0.3, -0.25) is 0 Å². The Morgan fingerprint density at radius 1 is 1.24 bits per heavy atom. The summed E-state index contributed by atoms with van der Waals surface area (Å²) in [4.78, 5) is 2.35. The molecule has 0 heterocycles. The van der Waals surface area contributed by atoms with Crippen molar-refractivity contribution in [2.24, 2.45) is 5.92 Å². The van der Waals surface area contributed by atoms with Crippen LogP contribution in [0.4, 0.5) is 0 Å². The average molecular weight is 313 g/mol. The average Bonchev–Trinajstić information content (AvgIpc) is 2.46. The number of ether oxygens (including phenoxy) is 1. The third kappa shape index (κ3) is 6.68. The zero-order valence-corrected chi connectivity index (χ0v) is 14.5. The van der Waals surface area contributed by atoms with Crippen LogP contribution in [-0.2, 0) is 6.54 Å². The van der Waals surface area contributed by atoms with E-state index in [1.54, 1.807) is 0 Å². The number of rotatable bonds is 10. The van der Waals surface area contributed by atoms with Gasteiger partial charge in [0.2, 0.25) is 0 Å². The molecule has 0 amide bonds. The highest BCUT2D eigenvalue weighted by atomic mass is 35.5. The summed E-state index contributed by atoms with van der Waals surface area (Å²) in [6.07, 6.45) is 0. The third-order valence-corrected chi connectivity index (χ3v) is 3.84. The summed E-state index contributed by atoms with van der Waals surface area (Å²) in [5.74, 6) is 1.52. The van der Waals surface area contributed by atoms with Crippen LogP contribution in [0.5, 0.6) is 5.75 Å². The van der Waals surface area contributed by atoms with E-state index in [2.05, 4.69) is 37.9 Å². The van der Waals surface area contributed by atoms with E-state index in [4.69, 9.17) is 16.3 Å². The molecule has 0 saturated heterocycles. The van der Waals surface area contributed by atoms with Crippen LogP contribution in [0.25, 0.3) is 0 Å². The molecule has 0 aliphatic heterocycles. The smallest absolute Gasteiger partial charge is 0.125 e. The van der Waals surface area contributed by atoms with Gasteiger partial charge in [0.05, 0.1) is 0 Å². The van der Waals surface area contributed by atoms with Crippen LogP contribution in [0.2, 0.25) is 5.02 Å². The molecule has 0 spiro atoms. The van der Waals surface area contributed by atoms with E-state index in [9.17, 15) is 0 Å². The van der Waals surface area contributed by atoms with Crippen molar-refractivity contribution in [1.82, 2.24) is 10.2 Å². The highest BCUT2D eigenvalue weighted by Gasteiger charge is 2.09. The minimum atomic E-state index is 0.625. The number of nitrogens with zero attached hydrogens (tertiary/aromatic N) is 1. The largest absolute Gasteiger partial charge is 0.492 e. The molecule has 120 valence electrons. The van der Waals surface area contributed by atoms with E-state index in [-0.39, 0.29) is 0 Å². The zero-order valence-electron chi connectivity index (χ0n) is 13.8. The maximum Gasteiger partial charge on any atom is 0.125 e. The zero-order chi connectivity index (χ0) is 15.7. The maximum absolute atomic E-state index is 6.31. The molecule has 0 radical (unpaired) electrons. The fraction of sp³-hybridized carbons (Fsp3) is 0.647. The van der Waals surface area contributed by atoms with Gasteiger partial charge in [-0.2, -0.15) is 0 Å². The molecule has 0 aliphatic rings. The Kier molecular flexibility index (Phi) is 8.74. The van der Waals surface area contributed by atoms with Gasteiger partial charge in [0.25, 0.3) is 0 Å². The van der Waals surface area contributed by atoms with E-state index in [1.807, 2.05) is 18.2 Å². The predicted octanol–water partition coefficient (Wildman–Crippen LogP) is 3.81. The highest BCUT2D eigenvalue weighted by molar-refractivity contribution is 6.31. The van der Waals surface area contributed by atoms with E-state index < -0.39 is 0 Å². The summed E-state index contributed by atoms with van der Waals surface area (Å²) >= 11 is 6.31. The van der Waals surface area contributed by atoms with Crippen molar-refractivity contribution in [1.29, 1.82) is 0 Å². The van der Waals surface area contributed by atoms with Crippen molar-refractivity contribution in [2.45, 2.75) is 34.2 Å². The summed E-state index contributed by atoms with van der Waals surface area (Å²) in [5, 5.41) is 4.20. The number of likely N-dealkylation sites (N-methyl/N-ethyl adjacent to an activating group) is 1.